The monoisotopic (exact) mass is 392 g/mol. The molecule has 3 aromatic rings. The van der Waals surface area contributed by atoms with Crippen LogP contribution in [0.4, 0.5) is 4.39 Å². The van der Waals surface area contributed by atoms with Gasteiger partial charge >= 0.3 is 0 Å². The highest BCUT2D eigenvalue weighted by Crippen LogP contribution is 2.48. The number of hydrazone groups is 1. The molecule has 3 aromatic carbocycles. The van der Waals surface area contributed by atoms with Crippen LogP contribution in [-0.2, 0) is 0 Å². The van der Waals surface area contributed by atoms with Crippen LogP contribution >= 0.6 is 11.6 Å². The minimum Gasteiger partial charge on any atom is -0.464 e. The normalized spacial score (nSPS) is 20.2. The first kappa shape index (κ1) is 17.3. The molecule has 0 aromatic heterocycles. The van der Waals surface area contributed by atoms with Crippen LogP contribution in [0, 0.1) is 12.7 Å². The van der Waals surface area contributed by atoms with Gasteiger partial charge < -0.3 is 4.74 Å². The van der Waals surface area contributed by atoms with Crippen molar-refractivity contribution in [3.63, 3.8) is 0 Å². The van der Waals surface area contributed by atoms with Crippen molar-refractivity contribution < 1.29 is 9.13 Å². The van der Waals surface area contributed by atoms with Crippen molar-refractivity contribution in [2.45, 2.75) is 25.6 Å². The third kappa shape index (κ3) is 2.94. The standard InChI is InChI=1S/C23H18ClFN2O/c1-14-5-7-15(8-6-14)20-13-21-19-12-17(24)9-10-22(19)28-23(27(21)26-20)16-3-2-4-18(25)11-16/h2-12,21,23H,13H2,1H3/t21-,23+/m0/s1. The number of aryl methyl sites for hydroxylation is 1. The molecule has 0 radical (unpaired) electrons. The Hall–Kier alpha value is -2.85. The number of hydrogen-bond acceptors (Lipinski definition) is 3. The number of hydrogen-bond donors (Lipinski definition) is 0. The summed E-state index contributed by atoms with van der Waals surface area (Å²) in [6, 6.07) is 20.5. The van der Waals surface area contributed by atoms with Gasteiger partial charge in [-0.3, -0.25) is 0 Å². The number of fused-ring (bicyclic) bond motifs is 3. The van der Waals surface area contributed by atoms with Crippen molar-refractivity contribution >= 4 is 17.3 Å². The molecule has 0 bridgehead atoms. The van der Waals surface area contributed by atoms with Crippen LogP contribution < -0.4 is 4.74 Å². The fourth-order valence-corrected chi connectivity index (χ4v) is 4.04. The Bertz CT molecular complexity index is 1080. The topological polar surface area (TPSA) is 24.8 Å². The zero-order valence-electron chi connectivity index (χ0n) is 15.3. The predicted molar refractivity (Wildman–Crippen MR) is 108 cm³/mol. The lowest BCUT2D eigenvalue weighted by Crippen LogP contribution is -2.33. The molecule has 0 amide bonds. The lowest BCUT2D eigenvalue weighted by atomic mass is 9.95. The summed E-state index contributed by atoms with van der Waals surface area (Å²) in [6.45, 7) is 2.07. The van der Waals surface area contributed by atoms with Gasteiger partial charge in [-0.05, 0) is 42.8 Å². The number of benzene rings is 3. The van der Waals surface area contributed by atoms with E-state index in [-0.39, 0.29) is 11.9 Å². The Morgan fingerprint density at radius 2 is 1.89 bits per heavy atom. The summed E-state index contributed by atoms with van der Waals surface area (Å²) in [6.07, 6.45) is 0.253. The van der Waals surface area contributed by atoms with E-state index in [0.29, 0.717) is 5.02 Å². The second kappa shape index (κ2) is 6.64. The van der Waals surface area contributed by atoms with Crippen molar-refractivity contribution in [2.75, 3.05) is 0 Å². The average Bonchev–Trinajstić information content (AvgIpc) is 3.14. The van der Waals surface area contributed by atoms with E-state index in [1.54, 1.807) is 6.07 Å². The summed E-state index contributed by atoms with van der Waals surface area (Å²) in [5.41, 5.74) is 5.02. The molecule has 2 aliphatic heterocycles. The van der Waals surface area contributed by atoms with Gasteiger partial charge in [0.05, 0.1) is 11.8 Å². The minimum atomic E-state index is -0.489. The molecule has 2 heterocycles. The van der Waals surface area contributed by atoms with E-state index in [2.05, 4.69) is 31.2 Å². The van der Waals surface area contributed by atoms with Gasteiger partial charge in [0.1, 0.15) is 11.6 Å². The largest absolute Gasteiger partial charge is 0.464 e. The summed E-state index contributed by atoms with van der Waals surface area (Å²) in [5.74, 6) is 0.474. The van der Waals surface area contributed by atoms with Gasteiger partial charge in [-0.25, -0.2) is 9.40 Å². The molecule has 28 heavy (non-hydrogen) atoms. The maximum absolute atomic E-state index is 13.9. The molecule has 0 aliphatic carbocycles. The first-order chi connectivity index (χ1) is 13.6. The Labute approximate surface area is 168 Å². The van der Waals surface area contributed by atoms with E-state index in [1.165, 1.54) is 17.7 Å². The van der Waals surface area contributed by atoms with Crippen LogP contribution in [-0.4, -0.2) is 10.7 Å². The molecule has 0 N–H and O–H groups in total. The summed E-state index contributed by atoms with van der Waals surface area (Å²) in [5, 5.41) is 7.48. The van der Waals surface area contributed by atoms with E-state index < -0.39 is 6.23 Å². The first-order valence-electron chi connectivity index (χ1n) is 9.23. The Balaban J connectivity index is 1.61. The molecule has 0 unspecified atom stereocenters. The minimum absolute atomic E-state index is 0.00739. The smallest absolute Gasteiger partial charge is 0.213 e. The SMILES string of the molecule is Cc1ccc(C2=NN3[C@@H](c4cccc(F)c4)Oc4ccc(Cl)cc4[C@@H]3C2)cc1. The molecule has 2 aliphatic rings. The molecule has 0 saturated heterocycles. The highest BCUT2D eigenvalue weighted by Gasteiger charge is 2.41. The highest BCUT2D eigenvalue weighted by molar-refractivity contribution is 6.30. The van der Waals surface area contributed by atoms with Crippen molar-refractivity contribution in [1.29, 1.82) is 0 Å². The Kier molecular flexibility index (Phi) is 4.09. The quantitative estimate of drug-likeness (QED) is 0.532. The second-order valence-electron chi connectivity index (χ2n) is 7.22. The van der Waals surface area contributed by atoms with Gasteiger partial charge in [0, 0.05) is 22.6 Å². The Morgan fingerprint density at radius 3 is 2.68 bits per heavy atom. The van der Waals surface area contributed by atoms with Gasteiger partial charge in [-0.2, -0.15) is 5.10 Å². The molecule has 0 spiro atoms. The van der Waals surface area contributed by atoms with Crippen LogP contribution in [0.3, 0.4) is 0 Å². The summed E-state index contributed by atoms with van der Waals surface area (Å²) >= 11 is 6.25. The van der Waals surface area contributed by atoms with Crippen LogP contribution in [0.1, 0.15) is 40.9 Å². The van der Waals surface area contributed by atoms with E-state index in [9.17, 15) is 4.39 Å². The van der Waals surface area contributed by atoms with E-state index in [1.807, 2.05) is 29.3 Å². The zero-order valence-corrected chi connectivity index (χ0v) is 16.0. The second-order valence-corrected chi connectivity index (χ2v) is 7.66. The Morgan fingerprint density at radius 1 is 1.07 bits per heavy atom. The van der Waals surface area contributed by atoms with Gasteiger partial charge in [0.2, 0.25) is 6.23 Å². The molecule has 0 fully saturated rings. The maximum atomic E-state index is 13.9. The van der Waals surface area contributed by atoms with Gasteiger partial charge in [0.25, 0.3) is 0 Å². The van der Waals surface area contributed by atoms with E-state index in [4.69, 9.17) is 21.4 Å². The number of halogens is 2. The van der Waals surface area contributed by atoms with Crippen molar-refractivity contribution in [3.8, 4) is 5.75 Å². The fraction of sp³-hybridized carbons (Fsp3) is 0.174. The van der Waals surface area contributed by atoms with Crippen molar-refractivity contribution in [1.82, 2.24) is 5.01 Å². The van der Waals surface area contributed by atoms with Crippen LogP contribution in [0.2, 0.25) is 5.02 Å². The highest BCUT2D eigenvalue weighted by atomic mass is 35.5. The number of nitrogens with zero attached hydrogens (tertiary/aromatic N) is 2. The van der Waals surface area contributed by atoms with E-state index >= 15 is 0 Å². The van der Waals surface area contributed by atoms with E-state index in [0.717, 1.165) is 34.6 Å². The lowest BCUT2D eigenvalue weighted by Gasteiger charge is -2.38. The van der Waals surface area contributed by atoms with Crippen molar-refractivity contribution in [3.05, 3.63) is 99.8 Å². The molecule has 3 nitrogen and oxygen atoms in total. The molecule has 5 rings (SSSR count). The maximum Gasteiger partial charge on any atom is 0.213 e. The fourth-order valence-electron chi connectivity index (χ4n) is 3.86. The molecular weight excluding hydrogens is 375 g/mol. The van der Waals surface area contributed by atoms with Crippen LogP contribution in [0.5, 0.6) is 5.75 Å². The lowest BCUT2D eigenvalue weighted by molar-refractivity contribution is -0.0192. The van der Waals surface area contributed by atoms with Crippen LogP contribution in [0.25, 0.3) is 0 Å². The summed E-state index contributed by atoms with van der Waals surface area (Å²) in [4.78, 5) is 0. The summed E-state index contributed by atoms with van der Waals surface area (Å²) in [7, 11) is 0. The van der Waals surface area contributed by atoms with Gasteiger partial charge in [-0.15, -0.1) is 0 Å². The molecule has 140 valence electrons. The van der Waals surface area contributed by atoms with Crippen LogP contribution in [0.15, 0.2) is 71.8 Å². The number of rotatable bonds is 2. The third-order valence-corrected chi connectivity index (χ3v) is 5.51. The molecule has 5 heteroatoms. The summed E-state index contributed by atoms with van der Waals surface area (Å²) < 4.78 is 20.1. The zero-order chi connectivity index (χ0) is 19.3. The first-order valence-corrected chi connectivity index (χ1v) is 9.61. The third-order valence-electron chi connectivity index (χ3n) is 5.27. The average molecular weight is 393 g/mol. The molecule has 0 saturated carbocycles. The van der Waals surface area contributed by atoms with Gasteiger partial charge in [-0.1, -0.05) is 53.6 Å². The predicted octanol–water partition coefficient (Wildman–Crippen LogP) is 6.03. The van der Waals surface area contributed by atoms with Crippen molar-refractivity contribution in [2.24, 2.45) is 5.10 Å². The number of ether oxygens (including phenoxy) is 1. The van der Waals surface area contributed by atoms with Gasteiger partial charge in [0.15, 0.2) is 0 Å². The molecular formula is C23H18ClFN2O. The molecule has 2 atom stereocenters.